The number of likely N-dealkylation sites (tertiary alicyclic amines) is 1. The van der Waals surface area contributed by atoms with E-state index in [1.165, 1.54) is 4.88 Å². The summed E-state index contributed by atoms with van der Waals surface area (Å²) >= 11 is 3.52. The number of carbonyl (C=O) groups excluding carboxylic acids is 1. The molecule has 1 N–H and O–H groups in total. The number of urea groups is 1. The van der Waals surface area contributed by atoms with E-state index >= 15 is 0 Å². The van der Waals surface area contributed by atoms with Crippen LogP contribution in [0.15, 0.2) is 17.5 Å². The number of amides is 2. The number of hydrogen-bond acceptors (Lipinski definition) is 3. The van der Waals surface area contributed by atoms with Crippen molar-refractivity contribution in [3.05, 3.63) is 22.4 Å². The number of thioether (sulfide) groups is 1. The predicted octanol–water partition coefficient (Wildman–Crippen LogP) is 2.40. The quantitative estimate of drug-likeness (QED) is 0.900. The van der Waals surface area contributed by atoms with Gasteiger partial charge in [0.15, 0.2) is 0 Å². The van der Waals surface area contributed by atoms with Crippen LogP contribution in [0.25, 0.3) is 0 Å². The fourth-order valence-corrected chi connectivity index (χ4v) is 3.11. The van der Waals surface area contributed by atoms with Gasteiger partial charge in [-0.15, -0.1) is 11.3 Å². The first-order chi connectivity index (χ1) is 7.79. The second-order valence-corrected chi connectivity index (χ2v) is 6.00. The SMILES string of the molecule is CS[C@@H]1CCN(C(=O)NCc2cccs2)C1. The smallest absolute Gasteiger partial charge is 0.317 e. The van der Waals surface area contributed by atoms with E-state index in [2.05, 4.69) is 11.6 Å². The maximum Gasteiger partial charge on any atom is 0.317 e. The van der Waals surface area contributed by atoms with Crippen molar-refractivity contribution in [2.24, 2.45) is 0 Å². The molecular formula is C11H16N2OS2. The minimum atomic E-state index is 0.0740. The summed E-state index contributed by atoms with van der Waals surface area (Å²) in [5, 5.41) is 5.61. The molecule has 16 heavy (non-hydrogen) atoms. The molecule has 0 unspecified atom stereocenters. The summed E-state index contributed by atoms with van der Waals surface area (Å²) in [5.41, 5.74) is 0. The molecular weight excluding hydrogens is 240 g/mol. The van der Waals surface area contributed by atoms with Crippen LogP contribution in [0.2, 0.25) is 0 Å². The molecule has 0 aromatic carbocycles. The third-order valence-corrected chi connectivity index (χ3v) is 4.69. The van der Waals surface area contributed by atoms with Crippen LogP contribution in [0.4, 0.5) is 4.79 Å². The van der Waals surface area contributed by atoms with Gasteiger partial charge in [0.1, 0.15) is 0 Å². The molecule has 1 aliphatic rings. The van der Waals surface area contributed by atoms with E-state index in [1.54, 1.807) is 11.3 Å². The highest BCUT2D eigenvalue weighted by atomic mass is 32.2. The molecule has 0 saturated carbocycles. The fourth-order valence-electron chi connectivity index (χ4n) is 1.79. The summed E-state index contributed by atoms with van der Waals surface area (Å²) in [6.45, 7) is 2.43. The van der Waals surface area contributed by atoms with Crippen LogP contribution in [0.5, 0.6) is 0 Å². The Kier molecular flexibility index (Phi) is 4.12. The average Bonchev–Trinajstić information content (AvgIpc) is 2.96. The Morgan fingerprint density at radius 2 is 2.62 bits per heavy atom. The molecule has 2 heterocycles. The van der Waals surface area contributed by atoms with Gasteiger partial charge in [0.25, 0.3) is 0 Å². The largest absolute Gasteiger partial charge is 0.333 e. The van der Waals surface area contributed by atoms with E-state index in [4.69, 9.17) is 0 Å². The van der Waals surface area contributed by atoms with Gasteiger partial charge in [-0.2, -0.15) is 11.8 Å². The van der Waals surface area contributed by atoms with Crippen molar-refractivity contribution in [2.45, 2.75) is 18.2 Å². The lowest BCUT2D eigenvalue weighted by Crippen LogP contribution is -2.38. The number of carbonyl (C=O) groups is 1. The minimum Gasteiger partial charge on any atom is -0.333 e. The van der Waals surface area contributed by atoms with Gasteiger partial charge in [-0.05, 0) is 24.1 Å². The van der Waals surface area contributed by atoms with E-state index < -0.39 is 0 Å². The van der Waals surface area contributed by atoms with Crippen molar-refractivity contribution in [1.29, 1.82) is 0 Å². The molecule has 0 radical (unpaired) electrons. The van der Waals surface area contributed by atoms with E-state index in [1.807, 2.05) is 34.2 Å². The first kappa shape index (κ1) is 11.8. The second kappa shape index (κ2) is 5.59. The molecule has 0 spiro atoms. The van der Waals surface area contributed by atoms with Crippen LogP contribution in [0.3, 0.4) is 0 Å². The van der Waals surface area contributed by atoms with Crippen LogP contribution < -0.4 is 5.32 Å². The lowest BCUT2D eigenvalue weighted by atomic mass is 10.4. The normalized spacial score (nSPS) is 20.1. The van der Waals surface area contributed by atoms with Gasteiger partial charge in [0.05, 0.1) is 6.54 Å². The van der Waals surface area contributed by atoms with E-state index in [9.17, 15) is 4.79 Å². The Balaban J connectivity index is 1.76. The molecule has 2 amide bonds. The highest BCUT2D eigenvalue weighted by molar-refractivity contribution is 7.99. The second-order valence-electron chi connectivity index (χ2n) is 3.83. The lowest BCUT2D eigenvalue weighted by Gasteiger charge is -2.16. The Morgan fingerprint density at radius 3 is 3.25 bits per heavy atom. The van der Waals surface area contributed by atoms with Crippen molar-refractivity contribution in [3.8, 4) is 0 Å². The van der Waals surface area contributed by atoms with Crippen molar-refractivity contribution < 1.29 is 4.79 Å². The number of nitrogens with one attached hydrogen (secondary N) is 1. The van der Waals surface area contributed by atoms with Crippen LogP contribution in [-0.2, 0) is 6.54 Å². The van der Waals surface area contributed by atoms with Crippen molar-refractivity contribution in [1.82, 2.24) is 10.2 Å². The molecule has 1 saturated heterocycles. The maximum atomic E-state index is 11.8. The lowest BCUT2D eigenvalue weighted by molar-refractivity contribution is 0.208. The molecule has 1 aromatic heterocycles. The number of rotatable bonds is 3. The van der Waals surface area contributed by atoms with E-state index in [0.717, 1.165) is 19.5 Å². The standard InChI is InChI=1S/C11H16N2OS2/c1-15-10-4-5-13(8-10)11(14)12-7-9-3-2-6-16-9/h2-3,6,10H,4-5,7-8H2,1H3,(H,12,14)/t10-/m1/s1. The van der Waals surface area contributed by atoms with Gasteiger partial charge in [-0.25, -0.2) is 4.79 Å². The maximum absolute atomic E-state index is 11.8. The summed E-state index contributed by atoms with van der Waals surface area (Å²) in [4.78, 5) is 14.9. The van der Waals surface area contributed by atoms with Gasteiger partial charge < -0.3 is 10.2 Å². The van der Waals surface area contributed by atoms with Crippen LogP contribution in [-0.4, -0.2) is 35.5 Å². The summed E-state index contributed by atoms with van der Waals surface area (Å²) in [7, 11) is 0. The van der Waals surface area contributed by atoms with Gasteiger partial charge >= 0.3 is 6.03 Å². The Morgan fingerprint density at radius 1 is 1.75 bits per heavy atom. The molecule has 2 rings (SSSR count). The van der Waals surface area contributed by atoms with Gasteiger partial charge in [0, 0.05) is 23.2 Å². The predicted molar refractivity (Wildman–Crippen MR) is 70.0 cm³/mol. The summed E-state index contributed by atoms with van der Waals surface area (Å²) in [6.07, 6.45) is 3.23. The zero-order chi connectivity index (χ0) is 11.4. The Bertz CT molecular complexity index is 340. The minimum absolute atomic E-state index is 0.0740. The van der Waals surface area contributed by atoms with Crippen molar-refractivity contribution in [3.63, 3.8) is 0 Å². The summed E-state index contributed by atoms with van der Waals surface area (Å²) in [5.74, 6) is 0. The van der Waals surface area contributed by atoms with E-state index in [0.29, 0.717) is 11.8 Å². The molecule has 1 aromatic rings. The third kappa shape index (κ3) is 2.92. The molecule has 1 atom stereocenters. The van der Waals surface area contributed by atoms with Gasteiger partial charge in [-0.1, -0.05) is 6.07 Å². The van der Waals surface area contributed by atoms with Crippen LogP contribution in [0.1, 0.15) is 11.3 Å². The highest BCUT2D eigenvalue weighted by Gasteiger charge is 2.25. The summed E-state index contributed by atoms with van der Waals surface area (Å²) < 4.78 is 0. The van der Waals surface area contributed by atoms with E-state index in [-0.39, 0.29) is 6.03 Å². The summed E-state index contributed by atoms with van der Waals surface area (Å²) in [6, 6.07) is 4.12. The highest BCUT2D eigenvalue weighted by Crippen LogP contribution is 2.20. The number of nitrogens with zero attached hydrogens (tertiary/aromatic N) is 1. The Labute approximate surface area is 104 Å². The molecule has 3 nitrogen and oxygen atoms in total. The molecule has 0 aliphatic carbocycles. The average molecular weight is 256 g/mol. The van der Waals surface area contributed by atoms with Crippen molar-refractivity contribution >= 4 is 29.1 Å². The molecule has 5 heteroatoms. The van der Waals surface area contributed by atoms with Crippen LogP contribution in [0, 0.1) is 0 Å². The molecule has 1 aliphatic heterocycles. The van der Waals surface area contributed by atoms with Crippen molar-refractivity contribution in [2.75, 3.05) is 19.3 Å². The third-order valence-electron chi connectivity index (χ3n) is 2.76. The van der Waals surface area contributed by atoms with Gasteiger partial charge in [-0.3, -0.25) is 0 Å². The number of hydrogen-bond donors (Lipinski definition) is 1. The first-order valence-electron chi connectivity index (χ1n) is 5.37. The van der Waals surface area contributed by atoms with Crippen LogP contribution >= 0.6 is 23.1 Å². The zero-order valence-electron chi connectivity index (χ0n) is 9.31. The number of thiophene rings is 1. The molecule has 88 valence electrons. The first-order valence-corrected chi connectivity index (χ1v) is 7.54. The molecule has 1 fully saturated rings. The topological polar surface area (TPSA) is 32.3 Å². The zero-order valence-corrected chi connectivity index (χ0v) is 10.9. The fraction of sp³-hybridized carbons (Fsp3) is 0.545. The van der Waals surface area contributed by atoms with Gasteiger partial charge in [0.2, 0.25) is 0 Å². The monoisotopic (exact) mass is 256 g/mol. The Hall–Kier alpha value is -0.680. The molecule has 0 bridgehead atoms.